The van der Waals surface area contributed by atoms with Crippen molar-refractivity contribution in [3.63, 3.8) is 0 Å². The lowest BCUT2D eigenvalue weighted by Gasteiger charge is -2.10. The van der Waals surface area contributed by atoms with Gasteiger partial charge >= 0.3 is 0 Å². The highest BCUT2D eigenvalue weighted by atomic mass is 16.5. The predicted molar refractivity (Wildman–Crippen MR) is 54.6 cm³/mol. The Kier molecular flexibility index (Phi) is 2.39. The summed E-state index contributed by atoms with van der Waals surface area (Å²) in [6, 6.07) is 5.85. The van der Waals surface area contributed by atoms with Gasteiger partial charge in [0.05, 0.1) is 18.7 Å². The van der Waals surface area contributed by atoms with E-state index < -0.39 is 0 Å². The van der Waals surface area contributed by atoms with Gasteiger partial charge in [-0.05, 0) is 18.1 Å². The number of carbonyl (C=O) groups excluding carboxylic acids is 1. The highest BCUT2D eigenvalue weighted by molar-refractivity contribution is 5.94. The third kappa shape index (κ3) is 1.58. The van der Waals surface area contributed by atoms with E-state index in [9.17, 15) is 4.79 Å². The van der Waals surface area contributed by atoms with Crippen molar-refractivity contribution in [2.75, 3.05) is 11.9 Å². The molecule has 1 aliphatic heterocycles. The highest BCUT2D eigenvalue weighted by Gasteiger charge is 2.15. The predicted octanol–water partition coefficient (Wildman–Crippen LogP) is 1.97. The first-order valence-electron chi connectivity index (χ1n) is 4.86. The van der Waals surface area contributed by atoms with Crippen LogP contribution in [0.15, 0.2) is 18.2 Å². The van der Waals surface area contributed by atoms with Crippen LogP contribution in [0.5, 0.6) is 5.75 Å². The molecule has 1 N–H and O–H groups in total. The smallest absolute Gasteiger partial charge is 0.227 e. The largest absolute Gasteiger partial charge is 0.491 e. The number of ether oxygens (including phenoxy) is 1. The molecular weight excluding hydrogens is 178 g/mol. The molecule has 0 saturated heterocycles. The fourth-order valence-corrected chi connectivity index (χ4v) is 1.59. The number of carbonyl (C=O) groups is 1. The van der Waals surface area contributed by atoms with Gasteiger partial charge in [-0.15, -0.1) is 0 Å². The van der Waals surface area contributed by atoms with E-state index in [1.54, 1.807) is 0 Å². The van der Waals surface area contributed by atoms with Crippen LogP contribution in [0.3, 0.4) is 0 Å². The molecule has 1 aromatic rings. The van der Waals surface area contributed by atoms with Gasteiger partial charge in [-0.1, -0.05) is 19.1 Å². The molecule has 0 unspecified atom stereocenters. The zero-order valence-electron chi connectivity index (χ0n) is 8.17. The second-order valence-electron chi connectivity index (χ2n) is 3.29. The van der Waals surface area contributed by atoms with Crippen LogP contribution in [-0.2, 0) is 11.2 Å². The maximum absolute atomic E-state index is 11.3. The van der Waals surface area contributed by atoms with Gasteiger partial charge < -0.3 is 10.1 Å². The Hall–Kier alpha value is -1.51. The first kappa shape index (κ1) is 9.06. The van der Waals surface area contributed by atoms with E-state index in [0.29, 0.717) is 13.0 Å². The van der Waals surface area contributed by atoms with Crippen LogP contribution in [-0.4, -0.2) is 12.5 Å². The summed E-state index contributed by atoms with van der Waals surface area (Å²) in [7, 11) is 0. The second kappa shape index (κ2) is 3.70. The summed E-state index contributed by atoms with van der Waals surface area (Å²) in [5.41, 5.74) is 1.97. The molecule has 0 aliphatic carbocycles. The third-order valence-corrected chi connectivity index (χ3v) is 2.34. The number of hydrogen-bond acceptors (Lipinski definition) is 2. The van der Waals surface area contributed by atoms with E-state index in [-0.39, 0.29) is 5.91 Å². The lowest BCUT2D eigenvalue weighted by Crippen LogP contribution is -2.11. The average Bonchev–Trinajstić information content (AvgIpc) is 2.38. The number of amides is 1. The maximum atomic E-state index is 11.3. The van der Waals surface area contributed by atoms with E-state index in [1.165, 1.54) is 0 Å². The molecule has 0 atom stereocenters. The zero-order valence-corrected chi connectivity index (χ0v) is 8.17. The van der Waals surface area contributed by atoms with Gasteiger partial charge in [-0.3, -0.25) is 4.79 Å². The number of nitrogens with one attached hydrogen (secondary N) is 1. The number of aryl methyl sites for hydroxylation is 1. The van der Waals surface area contributed by atoms with Crippen LogP contribution in [0.1, 0.15) is 18.9 Å². The summed E-state index contributed by atoms with van der Waals surface area (Å²) < 4.78 is 5.48. The molecule has 0 bridgehead atoms. The van der Waals surface area contributed by atoms with Crippen LogP contribution in [0.2, 0.25) is 0 Å². The van der Waals surface area contributed by atoms with Crippen molar-refractivity contribution in [3.05, 3.63) is 23.8 Å². The van der Waals surface area contributed by atoms with Gasteiger partial charge in [0.1, 0.15) is 5.75 Å². The van der Waals surface area contributed by atoms with Crippen LogP contribution in [0.25, 0.3) is 0 Å². The summed E-state index contributed by atoms with van der Waals surface area (Å²) in [5.74, 6) is 0.819. The number of fused-ring (bicyclic) bond motifs is 1. The van der Waals surface area contributed by atoms with Gasteiger partial charge in [0, 0.05) is 0 Å². The molecule has 0 fully saturated rings. The molecule has 74 valence electrons. The van der Waals surface area contributed by atoms with Crippen LogP contribution >= 0.6 is 0 Å². The van der Waals surface area contributed by atoms with Crippen molar-refractivity contribution in [1.82, 2.24) is 0 Å². The summed E-state index contributed by atoms with van der Waals surface area (Å²) in [6.07, 6.45) is 1.32. The quantitative estimate of drug-likeness (QED) is 0.737. The Morgan fingerprint density at radius 2 is 2.36 bits per heavy atom. The fourth-order valence-electron chi connectivity index (χ4n) is 1.59. The van der Waals surface area contributed by atoms with E-state index in [1.807, 2.05) is 18.2 Å². The van der Waals surface area contributed by atoms with Crippen molar-refractivity contribution < 1.29 is 9.53 Å². The minimum absolute atomic E-state index is 0.0321. The van der Waals surface area contributed by atoms with Crippen LogP contribution in [0.4, 0.5) is 5.69 Å². The summed E-state index contributed by atoms with van der Waals surface area (Å²) >= 11 is 0. The topological polar surface area (TPSA) is 38.3 Å². The third-order valence-electron chi connectivity index (χ3n) is 2.34. The number of anilines is 1. The molecule has 0 saturated carbocycles. The Balaban J connectivity index is 2.45. The van der Waals surface area contributed by atoms with Crippen molar-refractivity contribution in [2.24, 2.45) is 0 Å². The Labute approximate surface area is 83.1 Å². The standard InChI is InChI=1S/C11H13NO2/c1-2-8-4-3-5-9-11(8)12-10(13)6-7-14-9/h3-5H,2,6-7H2,1H3,(H,12,13). The maximum Gasteiger partial charge on any atom is 0.227 e. The number of hydrogen-bond donors (Lipinski definition) is 1. The van der Waals surface area contributed by atoms with Gasteiger partial charge in [-0.25, -0.2) is 0 Å². The normalized spacial score (nSPS) is 15.1. The fraction of sp³-hybridized carbons (Fsp3) is 0.364. The van der Waals surface area contributed by atoms with Crippen molar-refractivity contribution in [3.8, 4) is 5.75 Å². The molecule has 0 spiro atoms. The summed E-state index contributed by atoms with van der Waals surface area (Å²) in [4.78, 5) is 11.3. The number of benzene rings is 1. The molecule has 0 aromatic heterocycles. The zero-order chi connectivity index (χ0) is 9.97. The molecule has 3 nitrogen and oxygen atoms in total. The Morgan fingerprint density at radius 1 is 1.50 bits per heavy atom. The van der Waals surface area contributed by atoms with Gasteiger partial charge in [0.25, 0.3) is 0 Å². The molecular formula is C11H13NO2. The van der Waals surface area contributed by atoms with Crippen molar-refractivity contribution in [2.45, 2.75) is 19.8 Å². The number of para-hydroxylation sites is 1. The Bertz CT molecular complexity index is 360. The molecule has 1 heterocycles. The minimum Gasteiger partial charge on any atom is -0.491 e. The molecule has 3 heteroatoms. The van der Waals surface area contributed by atoms with Crippen LogP contribution in [0, 0.1) is 0 Å². The first-order valence-corrected chi connectivity index (χ1v) is 4.86. The average molecular weight is 191 g/mol. The van der Waals surface area contributed by atoms with E-state index >= 15 is 0 Å². The second-order valence-corrected chi connectivity index (χ2v) is 3.29. The summed E-state index contributed by atoms with van der Waals surface area (Å²) in [6.45, 7) is 2.53. The summed E-state index contributed by atoms with van der Waals surface area (Å²) in [5, 5.41) is 2.88. The SMILES string of the molecule is CCc1cccc2c1NC(=O)CCO2. The molecule has 1 aliphatic rings. The number of rotatable bonds is 1. The first-order chi connectivity index (χ1) is 6.81. The lowest BCUT2D eigenvalue weighted by molar-refractivity contribution is -0.116. The highest BCUT2D eigenvalue weighted by Crippen LogP contribution is 2.30. The van der Waals surface area contributed by atoms with Crippen molar-refractivity contribution in [1.29, 1.82) is 0 Å². The molecule has 1 amide bonds. The van der Waals surface area contributed by atoms with E-state index in [4.69, 9.17) is 4.74 Å². The minimum atomic E-state index is 0.0321. The van der Waals surface area contributed by atoms with Gasteiger partial charge in [-0.2, -0.15) is 0 Å². The Morgan fingerprint density at radius 3 is 3.14 bits per heavy atom. The molecule has 14 heavy (non-hydrogen) atoms. The molecule has 0 radical (unpaired) electrons. The van der Waals surface area contributed by atoms with Crippen LogP contribution < -0.4 is 10.1 Å². The van der Waals surface area contributed by atoms with E-state index in [0.717, 1.165) is 23.4 Å². The van der Waals surface area contributed by atoms with E-state index in [2.05, 4.69) is 12.2 Å². The van der Waals surface area contributed by atoms with Crippen molar-refractivity contribution >= 4 is 11.6 Å². The van der Waals surface area contributed by atoms with Gasteiger partial charge in [0.2, 0.25) is 5.91 Å². The molecule has 2 rings (SSSR count). The molecule has 1 aromatic carbocycles. The lowest BCUT2D eigenvalue weighted by atomic mass is 10.1. The monoisotopic (exact) mass is 191 g/mol. The van der Waals surface area contributed by atoms with Gasteiger partial charge in [0.15, 0.2) is 0 Å².